The standard InChI is InChI=1S/C23H30N2O5S/c1-3-29-21-11-10-19(16-22(21)30-4-2)23(26)24-17-18-12-14-25(15-13-18)31(27,28)20-8-6-5-7-9-20/h5-11,16,18H,3-4,12-15,17H2,1-2H3,(H,24,26). The molecule has 2 aromatic rings. The van der Waals surface area contributed by atoms with Crippen molar-refractivity contribution in [1.82, 2.24) is 9.62 Å². The van der Waals surface area contributed by atoms with Crippen LogP contribution in [0.3, 0.4) is 0 Å². The Kier molecular flexibility index (Phi) is 7.92. The quantitative estimate of drug-likeness (QED) is 0.639. The molecule has 1 amide bonds. The Morgan fingerprint density at radius 1 is 1.00 bits per heavy atom. The molecule has 0 spiro atoms. The largest absolute Gasteiger partial charge is 0.490 e. The molecule has 168 valence electrons. The van der Waals surface area contributed by atoms with Gasteiger partial charge in [0.15, 0.2) is 11.5 Å². The predicted octanol–water partition coefficient (Wildman–Crippen LogP) is 3.31. The summed E-state index contributed by atoms with van der Waals surface area (Å²) in [7, 11) is -3.46. The predicted molar refractivity (Wildman–Crippen MR) is 119 cm³/mol. The van der Waals surface area contributed by atoms with Crippen molar-refractivity contribution in [3.63, 3.8) is 0 Å². The van der Waals surface area contributed by atoms with E-state index in [9.17, 15) is 13.2 Å². The second kappa shape index (κ2) is 10.6. The topological polar surface area (TPSA) is 84.9 Å². The van der Waals surface area contributed by atoms with E-state index >= 15 is 0 Å². The summed E-state index contributed by atoms with van der Waals surface area (Å²) in [4.78, 5) is 12.9. The fourth-order valence-electron chi connectivity index (χ4n) is 3.63. The van der Waals surface area contributed by atoms with Gasteiger partial charge in [-0.15, -0.1) is 0 Å². The molecule has 7 nitrogen and oxygen atoms in total. The minimum Gasteiger partial charge on any atom is -0.490 e. The van der Waals surface area contributed by atoms with Crippen LogP contribution < -0.4 is 14.8 Å². The minimum absolute atomic E-state index is 0.177. The van der Waals surface area contributed by atoms with E-state index in [1.165, 1.54) is 4.31 Å². The summed E-state index contributed by atoms with van der Waals surface area (Å²) in [5, 5.41) is 2.97. The lowest BCUT2D eigenvalue weighted by molar-refractivity contribution is 0.0941. The number of hydrogen-bond acceptors (Lipinski definition) is 5. The van der Waals surface area contributed by atoms with E-state index in [-0.39, 0.29) is 11.8 Å². The number of sulfonamides is 1. The van der Waals surface area contributed by atoms with E-state index < -0.39 is 10.0 Å². The molecule has 31 heavy (non-hydrogen) atoms. The normalized spacial score (nSPS) is 15.4. The van der Waals surface area contributed by atoms with Gasteiger partial charge < -0.3 is 14.8 Å². The molecule has 0 aromatic heterocycles. The van der Waals surface area contributed by atoms with Crippen molar-refractivity contribution in [2.45, 2.75) is 31.6 Å². The van der Waals surface area contributed by atoms with Crippen LogP contribution in [-0.2, 0) is 10.0 Å². The van der Waals surface area contributed by atoms with Crippen LogP contribution in [0.15, 0.2) is 53.4 Å². The van der Waals surface area contributed by atoms with Crippen molar-refractivity contribution in [2.75, 3.05) is 32.8 Å². The van der Waals surface area contributed by atoms with Crippen molar-refractivity contribution in [1.29, 1.82) is 0 Å². The van der Waals surface area contributed by atoms with Crippen LogP contribution in [0.2, 0.25) is 0 Å². The summed E-state index contributed by atoms with van der Waals surface area (Å²) >= 11 is 0. The molecule has 0 radical (unpaired) electrons. The van der Waals surface area contributed by atoms with Crippen LogP contribution >= 0.6 is 0 Å². The molecule has 1 aliphatic heterocycles. The fourth-order valence-corrected chi connectivity index (χ4v) is 5.12. The summed E-state index contributed by atoms with van der Waals surface area (Å²) in [5.74, 6) is 1.23. The molecule has 1 heterocycles. The van der Waals surface area contributed by atoms with E-state index in [0.29, 0.717) is 67.6 Å². The molecule has 0 atom stereocenters. The summed E-state index contributed by atoms with van der Waals surface area (Å²) in [6.45, 7) is 6.19. The zero-order valence-electron chi connectivity index (χ0n) is 18.0. The molecule has 8 heteroatoms. The molecule has 2 aromatic carbocycles. The van der Waals surface area contributed by atoms with Crippen LogP contribution in [0, 0.1) is 5.92 Å². The van der Waals surface area contributed by atoms with E-state index in [1.807, 2.05) is 13.8 Å². The maximum atomic E-state index is 12.7. The third-order valence-corrected chi connectivity index (χ3v) is 7.22. The maximum Gasteiger partial charge on any atom is 0.251 e. The smallest absolute Gasteiger partial charge is 0.251 e. The van der Waals surface area contributed by atoms with Gasteiger partial charge >= 0.3 is 0 Å². The lowest BCUT2D eigenvalue weighted by atomic mass is 9.98. The van der Waals surface area contributed by atoms with E-state index in [1.54, 1.807) is 48.5 Å². The molecule has 0 bridgehead atoms. The number of nitrogens with one attached hydrogen (secondary N) is 1. The molecule has 1 saturated heterocycles. The number of benzene rings is 2. The first-order valence-electron chi connectivity index (χ1n) is 10.7. The Balaban J connectivity index is 1.54. The summed E-state index contributed by atoms with van der Waals surface area (Å²) in [6.07, 6.45) is 1.42. The highest BCUT2D eigenvalue weighted by atomic mass is 32.2. The second-order valence-corrected chi connectivity index (χ2v) is 9.34. The van der Waals surface area contributed by atoms with Crippen LogP contribution in [0.4, 0.5) is 0 Å². The Morgan fingerprint density at radius 2 is 1.65 bits per heavy atom. The van der Waals surface area contributed by atoms with Crippen molar-refractivity contribution < 1.29 is 22.7 Å². The van der Waals surface area contributed by atoms with Gasteiger partial charge in [0.05, 0.1) is 18.1 Å². The fraction of sp³-hybridized carbons (Fsp3) is 0.435. The Hall–Kier alpha value is -2.58. The Bertz CT molecular complexity index is 971. The number of ether oxygens (including phenoxy) is 2. The second-order valence-electron chi connectivity index (χ2n) is 7.40. The highest BCUT2D eigenvalue weighted by Crippen LogP contribution is 2.29. The molecule has 0 saturated carbocycles. The molecule has 0 aliphatic carbocycles. The van der Waals surface area contributed by atoms with Crippen LogP contribution in [0.5, 0.6) is 11.5 Å². The van der Waals surface area contributed by atoms with Gasteiger partial charge in [-0.3, -0.25) is 4.79 Å². The monoisotopic (exact) mass is 446 g/mol. The number of carbonyl (C=O) groups excluding carboxylic acids is 1. The highest BCUT2D eigenvalue weighted by molar-refractivity contribution is 7.89. The van der Waals surface area contributed by atoms with Gasteiger partial charge in [-0.2, -0.15) is 4.31 Å². The minimum atomic E-state index is -3.46. The zero-order valence-corrected chi connectivity index (χ0v) is 18.9. The first-order valence-corrected chi connectivity index (χ1v) is 12.1. The molecular weight excluding hydrogens is 416 g/mol. The van der Waals surface area contributed by atoms with Gasteiger partial charge in [-0.05, 0) is 62.9 Å². The summed E-state index contributed by atoms with van der Waals surface area (Å²) < 4.78 is 38.1. The summed E-state index contributed by atoms with van der Waals surface area (Å²) in [6, 6.07) is 13.7. The lowest BCUT2D eigenvalue weighted by Crippen LogP contribution is -2.41. The third-order valence-electron chi connectivity index (χ3n) is 5.31. The van der Waals surface area contributed by atoms with Gasteiger partial charge in [0.2, 0.25) is 10.0 Å². The number of piperidine rings is 1. The number of nitrogens with zero attached hydrogens (tertiary/aromatic N) is 1. The molecule has 1 fully saturated rings. The molecule has 1 aliphatic rings. The lowest BCUT2D eigenvalue weighted by Gasteiger charge is -2.31. The first-order chi connectivity index (χ1) is 15.0. The molecular formula is C23H30N2O5S. The number of rotatable bonds is 9. The van der Waals surface area contributed by atoms with E-state index in [0.717, 1.165) is 0 Å². The average molecular weight is 447 g/mol. The van der Waals surface area contributed by atoms with Crippen molar-refractivity contribution in [3.05, 3.63) is 54.1 Å². The molecule has 0 unspecified atom stereocenters. The number of amides is 1. The first kappa shape index (κ1) is 23.1. The van der Waals surface area contributed by atoms with Crippen LogP contribution in [-0.4, -0.2) is 51.5 Å². The number of hydrogen-bond donors (Lipinski definition) is 1. The van der Waals surface area contributed by atoms with Crippen LogP contribution in [0.25, 0.3) is 0 Å². The van der Waals surface area contributed by atoms with Crippen molar-refractivity contribution >= 4 is 15.9 Å². The van der Waals surface area contributed by atoms with Crippen molar-refractivity contribution in [2.24, 2.45) is 5.92 Å². The van der Waals surface area contributed by atoms with E-state index in [4.69, 9.17) is 9.47 Å². The third kappa shape index (κ3) is 5.77. The molecule has 1 N–H and O–H groups in total. The van der Waals surface area contributed by atoms with Gasteiger partial charge in [-0.25, -0.2) is 8.42 Å². The van der Waals surface area contributed by atoms with Gasteiger partial charge in [-0.1, -0.05) is 18.2 Å². The van der Waals surface area contributed by atoms with Gasteiger partial charge in [0.1, 0.15) is 0 Å². The van der Waals surface area contributed by atoms with Gasteiger partial charge in [0.25, 0.3) is 5.91 Å². The average Bonchev–Trinajstić information content (AvgIpc) is 2.80. The SMILES string of the molecule is CCOc1ccc(C(=O)NCC2CCN(S(=O)(=O)c3ccccc3)CC2)cc1OCC. The Morgan fingerprint density at radius 3 is 2.29 bits per heavy atom. The zero-order chi connectivity index (χ0) is 22.3. The highest BCUT2D eigenvalue weighted by Gasteiger charge is 2.29. The number of carbonyl (C=O) groups is 1. The van der Waals surface area contributed by atoms with Gasteiger partial charge in [0, 0.05) is 25.2 Å². The molecule has 3 rings (SSSR count). The maximum absolute atomic E-state index is 12.7. The summed E-state index contributed by atoms with van der Waals surface area (Å²) in [5.41, 5.74) is 0.510. The Labute approximate surface area is 184 Å². The van der Waals surface area contributed by atoms with E-state index in [2.05, 4.69) is 5.32 Å². The van der Waals surface area contributed by atoms with Crippen LogP contribution in [0.1, 0.15) is 37.0 Å². The van der Waals surface area contributed by atoms with Crippen molar-refractivity contribution in [3.8, 4) is 11.5 Å².